The van der Waals surface area contributed by atoms with Crippen molar-refractivity contribution in [2.75, 3.05) is 7.11 Å². The summed E-state index contributed by atoms with van der Waals surface area (Å²) in [5.41, 5.74) is 1.08. The molecule has 0 saturated carbocycles. The summed E-state index contributed by atoms with van der Waals surface area (Å²) in [5, 5.41) is 17.3. The lowest BCUT2D eigenvalue weighted by Crippen LogP contribution is -1.97. The Hall–Kier alpha value is -1.71. The van der Waals surface area contributed by atoms with Gasteiger partial charge in [0.2, 0.25) is 0 Å². The predicted octanol–water partition coefficient (Wildman–Crippen LogP) is 3.22. The van der Waals surface area contributed by atoms with Crippen molar-refractivity contribution >= 4 is 5.97 Å². The number of aliphatic carboxylic acids is 1. The largest absolute Gasteiger partial charge is 0.504 e. The van der Waals surface area contributed by atoms with E-state index in [9.17, 15) is 4.79 Å². The Kier molecular flexibility index (Phi) is 7.59. The van der Waals surface area contributed by atoms with Crippen molar-refractivity contribution in [2.24, 2.45) is 5.92 Å². The summed E-state index contributed by atoms with van der Waals surface area (Å²) in [6, 6.07) is 5.24. The molecule has 0 saturated heterocycles. The number of aryl methyl sites for hydroxylation is 1. The minimum absolute atomic E-state index is 0.188. The second kappa shape index (κ2) is 8.39. The van der Waals surface area contributed by atoms with Crippen LogP contribution in [-0.4, -0.2) is 23.3 Å². The Balaban J connectivity index is 0.000000331. The van der Waals surface area contributed by atoms with Gasteiger partial charge in [0.15, 0.2) is 11.5 Å². The minimum atomic E-state index is -0.696. The van der Waals surface area contributed by atoms with Crippen LogP contribution >= 0.6 is 0 Å². The number of methoxy groups -OCH3 is 1. The van der Waals surface area contributed by atoms with Gasteiger partial charge in [-0.1, -0.05) is 19.9 Å². The molecule has 0 radical (unpaired) electrons. The van der Waals surface area contributed by atoms with Gasteiger partial charge in [0, 0.05) is 6.42 Å². The molecule has 2 N–H and O–H groups in total. The van der Waals surface area contributed by atoms with Crippen molar-refractivity contribution < 1.29 is 19.7 Å². The van der Waals surface area contributed by atoms with E-state index in [4.69, 9.17) is 14.9 Å². The van der Waals surface area contributed by atoms with E-state index in [0.29, 0.717) is 18.1 Å². The number of aromatic hydroxyl groups is 1. The molecule has 0 amide bonds. The molecule has 4 heteroatoms. The number of phenolic OH excluding ortho intramolecular Hbond substituents is 1. The van der Waals surface area contributed by atoms with E-state index < -0.39 is 5.97 Å². The van der Waals surface area contributed by atoms with Crippen LogP contribution in [0.25, 0.3) is 0 Å². The smallest absolute Gasteiger partial charge is 0.303 e. The molecule has 0 aromatic heterocycles. The number of phenols is 1. The van der Waals surface area contributed by atoms with E-state index in [1.807, 2.05) is 26.8 Å². The summed E-state index contributed by atoms with van der Waals surface area (Å²) in [6.45, 7) is 5.98. The van der Waals surface area contributed by atoms with E-state index >= 15 is 0 Å². The molecular weight excluding hydrogens is 232 g/mol. The molecule has 1 aromatic carbocycles. The van der Waals surface area contributed by atoms with Crippen LogP contribution in [0.3, 0.4) is 0 Å². The van der Waals surface area contributed by atoms with Gasteiger partial charge in [0.05, 0.1) is 7.11 Å². The zero-order valence-electron chi connectivity index (χ0n) is 11.4. The van der Waals surface area contributed by atoms with Gasteiger partial charge >= 0.3 is 5.97 Å². The van der Waals surface area contributed by atoms with Gasteiger partial charge in [-0.25, -0.2) is 0 Å². The third kappa shape index (κ3) is 7.54. The maximum absolute atomic E-state index is 9.90. The molecule has 0 heterocycles. The van der Waals surface area contributed by atoms with Crippen molar-refractivity contribution in [3.63, 3.8) is 0 Å². The highest BCUT2D eigenvalue weighted by Crippen LogP contribution is 2.25. The molecule has 0 fully saturated rings. The van der Waals surface area contributed by atoms with E-state index in [0.717, 1.165) is 12.0 Å². The number of carboxylic acid groups (broad SMARTS) is 1. The second-order valence-corrected chi connectivity index (χ2v) is 4.50. The van der Waals surface area contributed by atoms with Crippen molar-refractivity contribution in [1.82, 2.24) is 0 Å². The Bertz CT molecular complexity index is 372. The Morgan fingerprint density at radius 2 is 2.00 bits per heavy atom. The number of hydrogen-bond acceptors (Lipinski definition) is 3. The number of carboxylic acids is 1. The van der Waals surface area contributed by atoms with Crippen LogP contribution in [0.1, 0.15) is 32.3 Å². The van der Waals surface area contributed by atoms with E-state index in [1.165, 1.54) is 7.11 Å². The number of rotatable bonds is 4. The van der Waals surface area contributed by atoms with Gasteiger partial charge in [0.1, 0.15) is 0 Å². The Morgan fingerprint density at radius 1 is 1.39 bits per heavy atom. The first-order valence-corrected chi connectivity index (χ1v) is 5.92. The van der Waals surface area contributed by atoms with E-state index in [1.54, 1.807) is 12.1 Å². The molecule has 4 nitrogen and oxygen atoms in total. The minimum Gasteiger partial charge on any atom is -0.504 e. The van der Waals surface area contributed by atoms with Gasteiger partial charge in [-0.2, -0.15) is 0 Å². The van der Waals surface area contributed by atoms with E-state index in [2.05, 4.69) is 0 Å². The molecule has 0 aliphatic carbocycles. The zero-order valence-corrected chi connectivity index (χ0v) is 11.4. The summed E-state index contributed by atoms with van der Waals surface area (Å²) in [5.74, 6) is 0.526. The van der Waals surface area contributed by atoms with Crippen molar-refractivity contribution in [2.45, 2.75) is 33.6 Å². The van der Waals surface area contributed by atoms with Crippen LogP contribution < -0.4 is 4.74 Å². The lowest BCUT2D eigenvalue weighted by molar-refractivity contribution is -0.137. The molecule has 102 valence electrons. The Morgan fingerprint density at radius 3 is 2.33 bits per heavy atom. The second-order valence-electron chi connectivity index (χ2n) is 4.50. The van der Waals surface area contributed by atoms with Crippen LogP contribution in [0, 0.1) is 12.8 Å². The molecule has 0 aliphatic heterocycles. The van der Waals surface area contributed by atoms with E-state index in [-0.39, 0.29) is 5.75 Å². The maximum atomic E-state index is 9.90. The third-order valence-electron chi connectivity index (χ3n) is 2.27. The fourth-order valence-corrected chi connectivity index (χ4v) is 1.20. The predicted molar refractivity (Wildman–Crippen MR) is 71.1 cm³/mol. The highest BCUT2D eigenvalue weighted by molar-refractivity contribution is 5.66. The lowest BCUT2D eigenvalue weighted by Gasteiger charge is -2.02. The number of ether oxygens (including phenoxy) is 1. The van der Waals surface area contributed by atoms with Crippen LogP contribution in [0.5, 0.6) is 11.5 Å². The van der Waals surface area contributed by atoms with Crippen molar-refractivity contribution in [3.05, 3.63) is 23.8 Å². The zero-order chi connectivity index (χ0) is 14.1. The van der Waals surface area contributed by atoms with Crippen molar-refractivity contribution in [1.29, 1.82) is 0 Å². The normalized spacial score (nSPS) is 9.61. The molecule has 0 aliphatic rings. The highest BCUT2D eigenvalue weighted by Gasteiger charge is 1.98. The average Bonchev–Trinajstić information content (AvgIpc) is 2.30. The first-order valence-electron chi connectivity index (χ1n) is 5.92. The van der Waals surface area contributed by atoms with Gasteiger partial charge < -0.3 is 14.9 Å². The summed E-state index contributed by atoms with van der Waals surface area (Å²) in [7, 11) is 1.54. The molecule has 0 atom stereocenters. The first kappa shape index (κ1) is 16.3. The summed E-state index contributed by atoms with van der Waals surface area (Å²) < 4.78 is 4.88. The summed E-state index contributed by atoms with van der Waals surface area (Å²) in [6.07, 6.45) is 1.09. The topological polar surface area (TPSA) is 66.8 Å². The highest BCUT2D eigenvalue weighted by atomic mass is 16.5. The quantitative estimate of drug-likeness (QED) is 0.865. The lowest BCUT2D eigenvalue weighted by atomic mass is 10.1. The fraction of sp³-hybridized carbons (Fsp3) is 0.500. The third-order valence-corrected chi connectivity index (χ3v) is 2.27. The number of carbonyl (C=O) groups is 1. The van der Waals surface area contributed by atoms with Gasteiger partial charge in [-0.3, -0.25) is 4.79 Å². The first-order chi connectivity index (χ1) is 8.36. The molecular formula is C14H22O4. The van der Waals surface area contributed by atoms with Crippen LogP contribution in [0.2, 0.25) is 0 Å². The maximum Gasteiger partial charge on any atom is 0.303 e. The molecule has 0 spiro atoms. The summed E-state index contributed by atoms with van der Waals surface area (Å²) in [4.78, 5) is 9.90. The molecule has 1 rings (SSSR count). The van der Waals surface area contributed by atoms with Crippen molar-refractivity contribution in [3.8, 4) is 11.5 Å². The van der Waals surface area contributed by atoms with Crippen LogP contribution in [0.4, 0.5) is 0 Å². The molecule has 1 aromatic rings. The standard InChI is InChI=1S/C8H10O2.C6H12O2/c1-6-3-4-7(9)8(5-6)10-2;1-5(2)3-4-6(7)8/h3-5,9H,1-2H3;5H,3-4H2,1-2H3,(H,7,8). The number of benzene rings is 1. The van der Waals surface area contributed by atoms with Crippen LogP contribution in [0.15, 0.2) is 18.2 Å². The average molecular weight is 254 g/mol. The molecule has 18 heavy (non-hydrogen) atoms. The van der Waals surface area contributed by atoms with Crippen LogP contribution in [-0.2, 0) is 4.79 Å². The van der Waals surface area contributed by atoms with Gasteiger partial charge in [0.25, 0.3) is 0 Å². The van der Waals surface area contributed by atoms with Gasteiger partial charge in [-0.15, -0.1) is 0 Å². The fourth-order valence-electron chi connectivity index (χ4n) is 1.20. The monoisotopic (exact) mass is 254 g/mol. The SMILES string of the molecule is CC(C)CCC(=O)O.COc1cc(C)ccc1O. The number of hydrogen-bond donors (Lipinski definition) is 2. The Labute approximate surface area is 108 Å². The molecule has 0 bridgehead atoms. The molecule has 0 unspecified atom stereocenters. The summed E-state index contributed by atoms with van der Waals surface area (Å²) >= 11 is 0. The van der Waals surface area contributed by atoms with Gasteiger partial charge in [-0.05, 0) is 37.0 Å².